The highest BCUT2D eigenvalue weighted by Gasteiger charge is 2.20. The topological polar surface area (TPSA) is 87.3 Å². The van der Waals surface area contributed by atoms with Crippen molar-refractivity contribution < 1.29 is 14.4 Å². The minimum absolute atomic E-state index is 0.0980. The lowest BCUT2D eigenvalue weighted by Gasteiger charge is -2.16. The van der Waals surface area contributed by atoms with E-state index < -0.39 is 11.8 Å². The zero-order valence-electron chi connectivity index (χ0n) is 24.8. The highest BCUT2D eigenvalue weighted by Crippen LogP contribution is 2.30. The van der Waals surface area contributed by atoms with E-state index in [1.165, 1.54) is 11.8 Å². The van der Waals surface area contributed by atoms with E-state index in [1.54, 1.807) is 42.5 Å². The lowest BCUT2D eigenvalue weighted by atomic mass is 10.0. The molecule has 0 radical (unpaired) electrons. The summed E-state index contributed by atoms with van der Waals surface area (Å²) < 4.78 is 0. The molecule has 0 bridgehead atoms. The van der Waals surface area contributed by atoms with Crippen LogP contribution in [0.25, 0.3) is 16.8 Å². The van der Waals surface area contributed by atoms with Gasteiger partial charge in [0.1, 0.15) is 5.70 Å². The van der Waals surface area contributed by atoms with E-state index in [4.69, 9.17) is 11.6 Å². The Morgan fingerprint density at radius 2 is 1.51 bits per heavy atom. The highest BCUT2D eigenvalue weighted by molar-refractivity contribution is 8.00. The normalized spacial score (nSPS) is 11.9. The van der Waals surface area contributed by atoms with Crippen molar-refractivity contribution in [1.29, 1.82) is 0 Å². The number of nitrogens with one attached hydrogen (secondary N) is 3. The summed E-state index contributed by atoms with van der Waals surface area (Å²) in [5, 5.41) is 10.9. The Labute approximate surface area is 271 Å². The molecule has 0 aliphatic heterocycles. The molecule has 0 aliphatic rings. The van der Waals surface area contributed by atoms with Gasteiger partial charge >= 0.3 is 0 Å². The average molecular weight is 634 g/mol. The van der Waals surface area contributed by atoms with E-state index in [0.717, 1.165) is 26.8 Å². The van der Waals surface area contributed by atoms with Crippen LogP contribution < -0.4 is 16.0 Å². The average Bonchev–Trinajstić information content (AvgIpc) is 3.05. The molecule has 5 rings (SSSR count). The first-order valence-electron chi connectivity index (χ1n) is 14.5. The number of fused-ring (bicyclic) bond motifs is 1. The van der Waals surface area contributed by atoms with Crippen LogP contribution in [0.15, 0.2) is 126 Å². The number of carbonyl (C=O) groups excluding carboxylic acids is 3. The number of anilines is 2. The van der Waals surface area contributed by atoms with Gasteiger partial charge in [0.25, 0.3) is 11.8 Å². The van der Waals surface area contributed by atoms with Crippen LogP contribution in [-0.4, -0.2) is 23.0 Å². The van der Waals surface area contributed by atoms with Crippen molar-refractivity contribution in [2.24, 2.45) is 0 Å². The molecule has 0 saturated carbocycles. The van der Waals surface area contributed by atoms with Crippen LogP contribution in [-0.2, 0) is 9.59 Å². The molecule has 6 nitrogen and oxygen atoms in total. The number of rotatable bonds is 10. The Balaban J connectivity index is 1.36. The summed E-state index contributed by atoms with van der Waals surface area (Å²) in [5.41, 5.74) is 3.43. The monoisotopic (exact) mass is 633 g/mol. The van der Waals surface area contributed by atoms with Crippen LogP contribution in [0.1, 0.15) is 34.8 Å². The fourth-order valence-electron chi connectivity index (χ4n) is 4.70. The van der Waals surface area contributed by atoms with Crippen molar-refractivity contribution in [1.82, 2.24) is 5.32 Å². The second kappa shape index (κ2) is 14.8. The van der Waals surface area contributed by atoms with Crippen molar-refractivity contribution in [3.63, 3.8) is 0 Å². The van der Waals surface area contributed by atoms with E-state index in [0.29, 0.717) is 28.4 Å². The van der Waals surface area contributed by atoms with Crippen molar-refractivity contribution in [2.45, 2.75) is 30.4 Å². The molecular formula is C37H32ClN3O3S. The summed E-state index contributed by atoms with van der Waals surface area (Å²) in [7, 11) is 0. The van der Waals surface area contributed by atoms with Gasteiger partial charge in [-0.2, -0.15) is 0 Å². The molecule has 5 aromatic carbocycles. The largest absolute Gasteiger partial charge is 0.325 e. The van der Waals surface area contributed by atoms with Gasteiger partial charge in [0.05, 0.1) is 5.25 Å². The first-order valence-corrected chi connectivity index (χ1v) is 15.8. The van der Waals surface area contributed by atoms with Crippen LogP contribution in [0.4, 0.5) is 11.4 Å². The lowest BCUT2D eigenvalue weighted by Crippen LogP contribution is -2.30. The standard InChI is InChI=1S/C37H32ClN3O3S/c1-3-34(37(44)40-29-20-19-24(2)32(38)23-29)45-30-17-10-16-28(22-30)39-36(43)33(41-35(42)26-12-5-4-6-13-26)21-27-15-9-14-25-11-7-8-18-31(25)27/h4-23,34H,3H2,1-2H3,(H,39,43)(H,40,44)(H,41,42)/b33-21+. The second-order valence-electron chi connectivity index (χ2n) is 10.4. The van der Waals surface area contributed by atoms with Gasteiger partial charge in [-0.3, -0.25) is 14.4 Å². The van der Waals surface area contributed by atoms with Crippen molar-refractivity contribution in [3.8, 4) is 0 Å². The Bertz CT molecular complexity index is 1890. The molecule has 0 aliphatic carbocycles. The summed E-state index contributed by atoms with van der Waals surface area (Å²) in [6.07, 6.45) is 2.28. The lowest BCUT2D eigenvalue weighted by molar-refractivity contribution is -0.116. The summed E-state index contributed by atoms with van der Waals surface area (Å²) in [4.78, 5) is 40.7. The van der Waals surface area contributed by atoms with Gasteiger partial charge in [0.2, 0.25) is 5.91 Å². The van der Waals surface area contributed by atoms with Crippen molar-refractivity contribution >= 4 is 69.3 Å². The smallest absolute Gasteiger partial charge is 0.272 e. The molecular weight excluding hydrogens is 602 g/mol. The van der Waals surface area contributed by atoms with Crippen LogP contribution in [0.2, 0.25) is 5.02 Å². The number of benzene rings is 5. The van der Waals surface area contributed by atoms with Gasteiger partial charge in [-0.1, -0.05) is 91.3 Å². The highest BCUT2D eigenvalue weighted by atomic mass is 35.5. The molecule has 5 aromatic rings. The van der Waals surface area contributed by atoms with Crippen LogP contribution in [0.3, 0.4) is 0 Å². The number of halogens is 1. The Hall–Kier alpha value is -4.85. The molecule has 1 atom stereocenters. The maximum atomic E-state index is 13.7. The summed E-state index contributed by atoms with van der Waals surface area (Å²) in [6.45, 7) is 3.86. The minimum Gasteiger partial charge on any atom is -0.325 e. The number of carbonyl (C=O) groups is 3. The second-order valence-corrected chi connectivity index (χ2v) is 12.1. The van der Waals surface area contributed by atoms with Gasteiger partial charge < -0.3 is 16.0 Å². The van der Waals surface area contributed by atoms with E-state index in [-0.39, 0.29) is 16.9 Å². The maximum Gasteiger partial charge on any atom is 0.272 e. The molecule has 3 N–H and O–H groups in total. The third-order valence-corrected chi connectivity index (χ3v) is 8.89. The van der Waals surface area contributed by atoms with E-state index in [9.17, 15) is 14.4 Å². The third-order valence-electron chi connectivity index (χ3n) is 7.12. The molecule has 0 spiro atoms. The summed E-state index contributed by atoms with van der Waals surface area (Å²) in [6, 6.07) is 35.2. The number of hydrogen-bond acceptors (Lipinski definition) is 4. The van der Waals surface area contributed by atoms with E-state index >= 15 is 0 Å². The molecule has 3 amide bonds. The van der Waals surface area contributed by atoms with Crippen molar-refractivity contribution in [3.05, 3.63) is 143 Å². The first kappa shape index (κ1) is 31.6. The van der Waals surface area contributed by atoms with Crippen LogP contribution >= 0.6 is 23.4 Å². The zero-order chi connectivity index (χ0) is 31.8. The van der Waals surface area contributed by atoms with Gasteiger partial charge in [-0.25, -0.2) is 0 Å². The maximum absolute atomic E-state index is 13.7. The molecule has 8 heteroatoms. The van der Waals surface area contributed by atoms with Gasteiger partial charge in [0.15, 0.2) is 0 Å². The number of hydrogen-bond donors (Lipinski definition) is 3. The predicted molar refractivity (Wildman–Crippen MR) is 186 cm³/mol. The number of aryl methyl sites for hydroxylation is 1. The zero-order valence-corrected chi connectivity index (χ0v) is 26.4. The third kappa shape index (κ3) is 8.20. The number of thioether (sulfide) groups is 1. The molecule has 1 unspecified atom stereocenters. The Morgan fingerprint density at radius 1 is 0.800 bits per heavy atom. The Kier molecular flexibility index (Phi) is 10.3. The summed E-state index contributed by atoms with van der Waals surface area (Å²) >= 11 is 7.64. The van der Waals surface area contributed by atoms with Crippen LogP contribution in [0, 0.1) is 6.92 Å². The molecule has 0 fully saturated rings. The Morgan fingerprint density at radius 3 is 2.29 bits per heavy atom. The molecule has 0 aromatic heterocycles. The SMILES string of the molecule is CCC(Sc1cccc(NC(=O)/C(=C\c2cccc3ccccc23)NC(=O)c2ccccc2)c1)C(=O)Nc1ccc(C)c(Cl)c1. The van der Waals surface area contributed by atoms with Gasteiger partial charge in [0, 0.05) is 26.9 Å². The molecule has 226 valence electrons. The molecule has 0 saturated heterocycles. The predicted octanol–water partition coefficient (Wildman–Crippen LogP) is 8.72. The number of amides is 3. The fraction of sp³-hybridized carbons (Fsp3) is 0.108. The van der Waals surface area contributed by atoms with Crippen molar-refractivity contribution in [2.75, 3.05) is 10.6 Å². The quantitative estimate of drug-likeness (QED) is 0.106. The first-order chi connectivity index (χ1) is 21.8. The van der Waals surface area contributed by atoms with Gasteiger partial charge in [-0.05, 0) is 83.8 Å². The minimum atomic E-state index is -0.476. The van der Waals surface area contributed by atoms with E-state index in [2.05, 4.69) is 16.0 Å². The van der Waals surface area contributed by atoms with Gasteiger partial charge in [-0.15, -0.1) is 11.8 Å². The van der Waals surface area contributed by atoms with E-state index in [1.807, 2.05) is 92.7 Å². The van der Waals surface area contributed by atoms with Crippen LogP contribution in [0.5, 0.6) is 0 Å². The molecule has 45 heavy (non-hydrogen) atoms. The summed E-state index contributed by atoms with van der Waals surface area (Å²) in [5.74, 6) is -1.01. The molecule has 0 heterocycles. The fourth-order valence-corrected chi connectivity index (χ4v) is 5.89.